The monoisotopic (exact) mass is 398 g/mol. The van der Waals surface area contributed by atoms with Crippen molar-refractivity contribution in [2.24, 2.45) is 0 Å². The van der Waals surface area contributed by atoms with Crippen LogP contribution in [0.2, 0.25) is 0 Å². The molecule has 0 aromatic heterocycles. The third kappa shape index (κ3) is 5.41. The zero-order chi connectivity index (χ0) is 20.6. The van der Waals surface area contributed by atoms with E-state index in [9.17, 15) is 4.79 Å². The maximum Gasteiger partial charge on any atom is 0.238 e. The van der Waals surface area contributed by atoms with Crippen molar-refractivity contribution in [2.75, 3.05) is 39.7 Å². The number of anilines is 1. The maximum absolute atomic E-state index is 12.8. The van der Waals surface area contributed by atoms with Gasteiger partial charge in [0.05, 0.1) is 27.9 Å². The number of ether oxygens (including phenoxy) is 3. The Morgan fingerprint density at radius 1 is 0.966 bits per heavy atom. The Morgan fingerprint density at radius 2 is 1.72 bits per heavy atom. The zero-order valence-corrected chi connectivity index (χ0v) is 17.4. The molecule has 0 saturated carbocycles. The number of carbonyl (C=O) groups excluding carboxylic acids is 1. The van der Waals surface area contributed by atoms with Crippen LogP contribution in [0.15, 0.2) is 42.5 Å². The highest BCUT2D eigenvalue weighted by Gasteiger charge is 2.24. The topological polar surface area (TPSA) is 60.0 Å². The molecule has 1 atom stereocenters. The summed E-state index contributed by atoms with van der Waals surface area (Å²) < 4.78 is 15.9. The summed E-state index contributed by atoms with van der Waals surface area (Å²) in [5, 5.41) is 2.99. The molecule has 1 N–H and O–H groups in total. The van der Waals surface area contributed by atoms with Gasteiger partial charge in [-0.1, -0.05) is 25.0 Å². The number of hydrogen-bond acceptors (Lipinski definition) is 5. The van der Waals surface area contributed by atoms with Crippen molar-refractivity contribution in [2.45, 2.75) is 31.7 Å². The van der Waals surface area contributed by atoms with E-state index in [0.29, 0.717) is 23.7 Å². The van der Waals surface area contributed by atoms with Crippen LogP contribution in [0.4, 0.5) is 5.69 Å². The lowest BCUT2D eigenvalue weighted by Crippen LogP contribution is -2.36. The summed E-state index contributed by atoms with van der Waals surface area (Å²) in [5.74, 6) is 2.05. The first-order valence-corrected chi connectivity index (χ1v) is 10.0. The van der Waals surface area contributed by atoms with Crippen LogP contribution >= 0.6 is 0 Å². The molecule has 1 amide bonds. The molecule has 1 fully saturated rings. The standard InChI is InChI=1S/C23H30N2O4/c1-27-19-11-8-17(9-12-19)20-7-5-4-6-14-25(20)16-23(26)24-18-10-13-21(28-2)22(15-18)29-3/h8-13,15,20H,4-7,14,16H2,1-3H3,(H,24,26)/t20-/m1/s1. The maximum atomic E-state index is 12.8. The van der Waals surface area contributed by atoms with E-state index in [1.165, 1.54) is 18.4 Å². The number of amides is 1. The number of hydrogen-bond donors (Lipinski definition) is 1. The number of carbonyl (C=O) groups is 1. The van der Waals surface area contributed by atoms with E-state index in [-0.39, 0.29) is 11.9 Å². The molecular formula is C23H30N2O4. The molecule has 1 heterocycles. The van der Waals surface area contributed by atoms with Crippen molar-refractivity contribution in [3.63, 3.8) is 0 Å². The lowest BCUT2D eigenvalue weighted by Gasteiger charge is -2.30. The van der Waals surface area contributed by atoms with Gasteiger partial charge < -0.3 is 19.5 Å². The summed E-state index contributed by atoms with van der Waals surface area (Å²) in [6, 6.07) is 13.8. The largest absolute Gasteiger partial charge is 0.497 e. The van der Waals surface area contributed by atoms with E-state index in [4.69, 9.17) is 14.2 Å². The highest BCUT2D eigenvalue weighted by molar-refractivity contribution is 5.92. The van der Waals surface area contributed by atoms with Crippen LogP contribution in [-0.4, -0.2) is 45.2 Å². The van der Waals surface area contributed by atoms with Crippen molar-refractivity contribution in [3.8, 4) is 17.2 Å². The first-order valence-electron chi connectivity index (χ1n) is 10.0. The van der Waals surface area contributed by atoms with Crippen LogP contribution in [0.3, 0.4) is 0 Å². The molecule has 6 nitrogen and oxygen atoms in total. The molecule has 0 spiro atoms. The van der Waals surface area contributed by atoms with Crippen LogP contribution in [0.1, 0.15) is 37.3 Å². The van der Waals surface area contributed by atoms with Gasteiger partial charge in [0.15, 0.2) is 11.5 Å². The summed E-state index contributed by atoms with van der Waals surface area (Å²) in [6.07, 6.45) is 4.53. The van der Waals surface area contributed by atoms with Crippen molar-refractivity contribution >= 4 is 11.6 Å². The molecule has 2 aromatic rings. The minimum Gasteiger partial charge on any atom is -0.497 e. The van der Waals surface area contributed by atoms with E-state index in [1.807, 2.05) is 18.2 Å². The summed E-state index contributed by atoms with van der Waals surface area (Å²) in [7, 11) is 4.85. The first kappa shape index (κ1) is 21.0. The number of nitrogens with one attached hydrogen (secondary N) is 1. The zero-order valence-electron chi connectivity index (χ0n) is 17.4. The van der Waals surface area contributed by atoms with Gasteiger partial charge in [0.2, 0.25) is 5.91 Å². The number of nitrogens with zero attached hydrogens (tertiary/aromatic N) is 1. The van der Waals surface area contributed by atoms with E-state index in [0.717, 1.165) is 25.1 Å². The Labute approximate surface area is 172 Å². The van der Waals surface area contributed by atoms with Crippen LogP contribution in [-0.2, 0) is 4.79 Å². The van der Waals surface area contributed by atoms with Gasteiger partial charge in [0, 0.05) is 17.8 Å². The summed E-state index contributed by atoms with van der Waals surface area (Å²) in [5.41, 5.74) is 1.93. The van der Waals surface area contributed by atoms with Gasteiger partial charge in [-0.2, -0.15) is 0 Å². The molecule has 1 aliphatic heterocycles. The van der Waals surface area contributed by atoms with Crippen LogP contribution < -0.4 is 19.5 Å². The molecule has 1 aliphatic rings. The normalized spacial score (nSPS) is 17.3. The molecule has 156 valence electrons. The molecule has 3 rings (SSSR count). The second kappa shape index (κ2) is 10.2. The minimum atomic E-state index is -0.0300. The third-order valence-electron chi connectivity index (χ3n) is 5.38. The average molecular weight is 399 g/mol. The summed E-state index contributed by atoms with van der Waals surface area (Å²) in [4.78, 5) is 15.1. The van der Waals surface area contributed by atoms with Crippen LogP contribution in [0, 0.1) is 0 Å². The lowest BCUT2D eigenvalue weighted by molar-refractivity contribution is -0.117. The molecule has 0 aliphatic carbocycles. The fourth-order valence-electron chi connectivity index (χ4n) is 3.86. The number of benzene rings is 2. The molecule has 29 heavy (non-hydrogen) atoms. The highest BCUT2D eigenvalue weighted by Crippen LogP contribution is 2.32. The van der Waals surface area contributed by atoms with Gasteiger partial charge in [-0.3, -0.25) is 9.69 Å². The summed E-state index contributed by atoms with van der Waals surface area (Å²) >= 11 is 0. The van der Waals surface area contributed by atoms with Crippen LogP contribution in [0.25, 0.3) is 0 Å². The predicted molar refractivity (Wildman–Crippen MR) is 114 cm³/mol. The Bertz CT molecular complexity index is 807. The van der Waals surface area contributed by atoms with Gasteiger partial charge in [-0.05, 0) is 49.2 Å². The Morgan fingerprint density at radius 3 is 2.41 bits per heavy atom. The van der Waals surface area contributed by atoms with Gasteiger partial charge in [0.25, 0.3) is 0 Å². The second-order valence-electron chi connectivity index (χ2n) is 7.23. The highest BCUT2D eigenvalue weighted by atomic mass is 16.5. The van der Waals surface area contributed by atoms with Gasteiger partial charge in [-0.25, -0.2) is 0 Å². The first-order chi connectivity index (χ1) is 14.1. The lowest BCUT2D eigenvalue weighted by atomic mass is 10.0. The van der Waals surface area contributed by atoms with Crippen molar-refractivity contribution in [1.82, 2.24) is 4.90 Å². The van der Waals surface area contributed by atoms with E-state index in [2.05, 4.69) is 22.3 Å². The fraction of sp³-hybridized carbons (Fsp3) is 0.435. The average Bonchev–Trinajstić information content (AvgIpc) is 2.99. The smallest absolute Gasteiger partial charge is 0.238 e. The number of rotatable bonds is 7. The molecule has 0 unspecified atom stereocenters. The predicted octanol–water partition coefficient (Wildman–Crippen LogP) is 4.27. The quantitative estimate of drug-likeness (QED) is 0.755. The molecule has 6 heteroatoms. The van der Waals surface area contributed by atoms with Gasteiger partial charge in [0.1, 0.15) is 5.75 Å². The fourth-order valence-corrected chi connectivity index (χ4v) is 3.86. The Kier molecular flexibility index (Phi) is 7.36. The van der Waals surface area contributed by atoms with Crippen LogP contribution in [0.5, 0.6) is 17.2 Å². The molecule has 0 bridgehead atoms. The second-order valence-corrected chi connectivity index (χ2v) is 7.23. The van der Waals surface area contributed by atoms with Crippen molar-refractivity contribution in [1.29, 1.82) is 0 Å². The molecule has 2 aromatic carbocycles. The van der Waals surface area contributed by atoms with Gasteiger partial charge >= 0.3 is 0 Å². The molecule has 0 radical (unpaired) electrons. The van der Waals surface area contributed by atoms with Crippen molar-refractivity contribution in [3.05, 3.63) is 48.0 Å². The Balaban J connectivity index is 1.70. The number of likely N-dealkylation sites (tertiary alicyclic amines) is 1. The minimum absolute atomic E-state index is 0.0300. The third-order valence-corrected chi connectivity index (χ3v) is 5.38. The van der Waals surface area contributed by atoms with E-state index >= 15 is 0 Å². The van der Waals surface area contributed by atoms with E-state index in [1.54, 1.807) is 33.5 Å². The Hall–Kier alpha value is -2.73. The molecular weight excluding hydrogens is 368 g/mol. The SMILES string of the molecule is COc1ccc([C@H]2CCCCCN2CC(=O)Nc2ccc(OC)c(OC)c2)cc1. The van der Waals surface area contributed by atoms with E-state index < -0.39 is 0 Å². The number of methoxy groups -OCH3 is 3. The summed E-state index contributed by atoms with van der Waals surface area (Å²) in [6.45, 7) is 1.26. The van der Waals surface area contributed by atoms with Crippen molar-refractivity contribution < 1.29 is 19.0 Å². The molecule has 1 saturated heterocycles. The van der Waals surface area contributed by atoms with Gasteiger partial charge in [-0.15, -0.1) is 0 Å².